The Morgan fingerprint density at radius 1 is 1.11 bits per heavy atom. The first-order valence-corrected chi connectivity index (χ1v) is 6.40. The van der Waals surface area contributed by atoms with Gasteiger partial charge in [-0.1, -0.05) is 18.2 Å². The van der Waals surface area contributed by atoms with Crippen molar-refractivity contribution in [2.24, 2.45) is 0 Å². The molecule has 0 amide bonds. The molecule has 0 aliphatic rings. The minimum atomic E-state index is 0.984. The summed E-state index contributed by atoms with van der Waals surface area (Å²) in [6.45, 7) is 5.33. The average Bonchev–Trinajstić information content (AvgIpc) is 2.38. The van der Waals surface area contributed by atoms with Crippen molar-refractivity contribution in [1.29, 1.82) is 0 Å². The van der Waals surface area contributed by atoms with Gasteiger partial charge in [-0.05, 0) is 25.5 Å². The number of anilines is 1. The van der Waals surface area contributed by atoms with Gasteiger partial charge in [-0.15, -0.1) is 0 Å². The zero-order valence-electron chi connectivity index (χ0n) is 11.6. The van der Waals surface area contributed by atoms with E-state index in [4.69, 9.17) is 0 Å². The highest BCUT2D eigenvalue weighted by Crippen LogP contribution is 2.23. The molecule has 0 atom stereocenters. The molecule has 0 saturated heterocycles. The van der Waals surface area contributed by atoms with Gasteiger partial charge in [0.25, 0.3) is 0 Å². The largest absolute Gasteiger partial charge is 0.377 e. The van der Waals surface area contributed by atoms with Gasteiger partial charge in [0.1, 0.15) is 6.54 Å². The molecule has 1 aromatic heterocycles. The van der Waals surface area contributed by atoms with Gasteiger partial charge in [-0.3, -0.25) is 0 Å². The van der Waals surface area contributed by atoms with Crippen LogP contribution in [-0.4, -0.2) is 14.1 Å². The standard InChI is InChI=1S/C16H21N2/c1-5-18-11-10-14(17(3)4)12-16(18)15-9-7-6-8-13(15)2/h6-12H,5H2,1-4H3/q+1. The molecule has 2 heteroatoms. The lowest BCUT2D eigenvalue weighted by Crippen LogP contribution is -2.35. The SMILES string of the molecule is CC[n+]1ccc(N(C)C)cc1-c1ccccc1C. The van der Waals surface area contributed by atoms with Crippen LogP contribution in [0.15, 0.2) is 42.6 Å². The highest BCUT2D eigenvalue weighted by molar-refractivity contribution is 5.64. The molecule has 0 aliphatic carbocycles. The normalized spacial score (nSPS) is 10.4. The molecule has 0 fully saturated rings. The summed E-state index contributed by atoms with van der Waals surface area (Å²) >= 11 is 0. The van der Waals surface area contributed by atoms with Crippen LogP contribution in [0.2, 0.25) is 0 Å². The minimum Gasteiger partial charge on any atom is -0.377 e. The van der Waals surface area contributed by atoms with Gasteiger partial charge >= 0.3 is 0 Å². The van der Waals surface area contributed by atoms with Crippen LogP contribution in [0.1, 0.15) is 12.5 Å². The Morgan fingerprint density at radius 2 is 1.83 bits per heavy atom. The van der Waals surface area contributed by atoms with Crippen molar-refractivity contribution in [2.45, 2.75) is 20.4 Å². The minimum absolute atomic E-state index is 0.984. The van der Waals surface area contributed by atoms with E-state index in [0.29, 0.717) is 0 Å². The number of nitrogens with zero attached hydrogens (tertiary/aromatic N) is 2. The molecule has 0 radical (unpaired) electrons. The molecule has 0 saturated carbocycles. The topological polar surface area (TPSA) is 7.12 Å². The Bertz CT molecular complexity index is 545. The molecule has 18 heavy (non-hydrogen) atoms. The molecule has 94 valence electrons. The van der Waals surface area contributed by atoms with Crippen LogP contribution < -0.4 is 9.47 Å². The molecule has 0 spiro atoms. The maximum absolute atomic E-state index is 2.29. The van der Waals surface area contributed by atoms with Crippen LogP contribution >= 0.6 is 0 Å². The average molecular weight is 241 g/mol. The van der Waals surface area contributed by atoms with Crippen LogP contribution in [0, 0.1) is 6.92 Å². The second-order valence-electron chi connectivity index (χ2n) is 4.77. The van der Waals surface area contributed by atoms with E-state index in [1.807, 2.05) is 0 Å². The van der Waals surface area contributed by atoms with E-state index in [2.05, 4.69) is 80.0 Å². The van der Waals surface area contributed by atoms with Gasteiger partial charge in [-0.25, -0.2) is 0 Å². The Kier molecular flexibility index (Phi) is 3.66. The molecule has 0 unspecified atom stereocenters. The second-order valence-corrected chi connectivity index (χ2v) is 4.77. The Morgan fingerprint density at radius 3 is 2.44 bits per heavy atom. The third kappa shape index (κ3) is 2.37. The molecular weight excluding hydrogens is 220 g/mol. The van der Waals surface area contributed by atoms with Gasteiger partial charge in [0, 0.05) is 37.5 Å². The molecule has 0 N–H and O–H groups in total. The van der Waals surface area contributed by atoms with Gasteiger partial charge < -0.3 is 4.90 Å². The number of benzene rings is 1. The van der Waals surface area contributed by atoms with Crippen molar-refractivity contribution in [3.8, 4) is 11.3 Å². The van der Waals surface area contributed by atoms with E-state index in [1.165, 1.54) is 22.5 Å². The van der Waals surface area contributed by atoms with E-state index in [0.717, 1.165) is 6.54 Å². The molecule has 2 nitrogen and oxygen atoms in total. The summed E-state index contributed by atoms with van der Waals surface area (Å²) in [6.07, 6.45) is 2.16. The molecule has 2 rings (SSSR count). The Labute approximate surface area is 110 Å². The predicted molar refractivity (Wildman–Crippen MR) is 76.8 cm³/mol. The fourth-order valence-electron chi connectivity index (χ4n) is 2.16. The number of aryl methyl sites for hydroxylation is 2. The van der Waals surface area contributed by atoms with Crippen molar-refractivity contribution in [3.63, 3.8) is 0 Å². The molecule has 0 bridgehead atoms. The van der Waals surface area contributed by atoms with E-state index in [1.54, 1.807) is 0 Å². The summed E-state index contributed by atoms with van der Waals surface area (Å²) in [5.74, 6) is 0. The number of hydrogen-bond donors (Lipinski definition) is 0. The van der Waals surface area contributed by atoms with Crippen molar-refractivity contribution in [2.75, 3.05) is 19.0 Å². The maximum Gasteiger partial charge on any atom is 0.214 e. The summed E-state index contributed by atoms with van der Waals surface area (Å²) in [7, 11) is 4.15. The van der Waals surface area contributed by atoms with Crippen LogP contribution in [0.5, 0.6) is 0 Å². The lowest BCUT2D eigenvalue weighted by molar-refractivity contribution is -0.682. The van der Waals surface area contributed by atoms with Gasteiger partial charge in [0.2, 0.25) is 5.69 Å². The zero-order chi connectivity index (χ0) is 13.1. The summed E-state index contributed by atoms with van der Waals surface area (Å²) in [5.41, 5.74) is 5.14. The quantitative estimate of drug-likeness (QED) is 0.749. The van der Waals surface area contributed by atoms with Gasteiger partial charge in [-0.2, -0.15) is 4.57 Å². The van der Waals surface area contributed by atoms with E-state index in [-0.39, 0.29) is 0 Å². The summed E-state index contributed by atoms with van der Waals surface area (Å²) in [4.78, 5) is 2.14. The van der Waals surface area contributed by atoms with Crippen LogP contribution in [-0.2, 0) is 6.54 Å². The number of aromatic nitrogens is 1. The fourth-order valence-corrected chi connectivity index (χ4v) is 2.16. The number of rotatable bonds is 3. The monoisotopic (exact) mass is 241 g/mol. The lowest BCUT2D eigenvalue weighted by atomic mass is 10.0. The highest BCUT2D eigenvalue weighted by atomic mass is 15.1. The van der Waals surface area contributed by atoms with Crippen LogP contribution in [0.25, 0.3) is 11.3 Å². The lowest BCUT2D eigenvalue weighted by Gasteiger charge is -2.13. The first-order chi connectivity index (χ1) is 8.63. The number of hydrogen-bond acceptors (Lipinski definition) is 1. The third-order valence-electron chi connectivity index (χ3n) is 3.30. The first kappa shape index (κ1) is 12.6. The van der Waals surface area contributed by atoms with Crippen LogP contribution in [0.4, 0.5) is 5.69 Å². The van der Waals surface area contributed by atoms with Crippen molar-refractivity contribution >= 4 is 5.69 Å². The van der Waals surface area contributed by atoms with E-state index >= 15 is 0 Å². The van der Waals surface area contributed by atoms with E-state index in [9.17, 15) is 0 Å². The summed E-state index contributed by atoms with van der Waals surface area (Å²) in [5, 5.41) is 0. The third-order valence-corrected chi connectivity index (χ3v) is 3.30. The smallest absolute Gasteiger partial charge is 0.214 e. The maximum atomic E-state index is 2.29. The molecule has 1 heterocycles. The Balaban J connectivity index is 2.61. The van der Waals surface area contributed by atoms with Crippen LogP contribution in [0.3, 0.4) is 0 Å². The van der Waals surface area contributed by atoms with Crippen molar-refractivity contribution in [3.05, 3.63) is 48.2 Å². The molecular formula is C16H21N2+. The Hall–Kier alpha value is -1.83. The second kappa shape index (κ2) is 5.21. The molecule has 1 aromatic carbocycles. The first-order valence-electron chi connectivity index (χ1n) is 6.40. The fraction of sp³-hybridized carbons (Fsp3) is 0.312. The number of pyridine rings is 1. The van der Waals surface area contributed by atoms with Gasteiger partial charge in [0.05, 0.1) is 0 Å². The predicted octanol–water partition coefficient (Wildman–Crippen LogP) is 3.04. The highest BCUT2D eigenvalue weighted by Gasteiger charge is 2.14. The van der Waals surface area contributed by atoms with Gasteiger partial charge in [0.15, 0.2) is 6.20 Å². The zero-order valence-corrected chi connectivity index (χ0v) is 11.6. The summed E-state index contributed by atoms with van der Waals surface area (Å²) in [6, 6.07) is 13.0. The molecule has 2 aromatic rings. The van der Waals surface area contributed by atoms with E-state index < -0.39 is 0 Å². The summed E-state index contributed by atoms with van der Waals surface area (Å²) < 4.78 is 2.29. The molecule has 0 aliphatic heterocycles. The van der Waals surface area contributed by atoms with Crippen molar-refractivity contribution in [1.82, 2.24) is 0 Å². The van der Waals surface area contributed by atoms with Crippen molar-refractivity contribution < 1.29 is 4.57 Å².